The van der Waals surface area contributed by atoms with Crippen LogP contribution in [0.15, 0.2) is 42.6 Å². The molecule has 2 heterocycles. The lowest BCUT2D eigenvalue weighted by atomic mass is 9.80. The number of rotatable bonds is 2. The van der Waals surface area contributed by atoms with Gasteiger partial charge in [-0.05, 0) is 24.0 Å². The highest BCUT2D eigenvalue weighted by Gasteiger charge is 2.42. The van der Waals surface area contributed by atoms with Crippen LogP contribution in [0.25, 0.3) is 11.1 Å². The summed E-state index contributed by atoms with van der Waals surface area (Å²) in [5.41, 5.74) is 4.11. The van der Waals surface area contributed by atoms with E-state index in [2.05, 4.69) is 22.5 Å². The van der Waals surface area contributed by atoms with Gasteiger partial charge >= 0.3 is 0 Å². The predicted molar refractivity (Wildman–Crippen MR) is 89.1 cm³/mol. The molecule has 0 amide bonds. The van der Waals surface area contributed by atoms with Gasteiger partial charge in [-0.25, -0.2) is 4.98 Å². The largest absolute Gasteiger partial charge is 0.392 e. The van der Waals surface area contributed by atoms with E-state index in [4.69, 9.17) is 16.7 Å². The first-order valence-corrected chi connectivity index (χ1v) is 7.89. The van der Waals surface area contributed by atoms with E-state index in [-0.39, 0.29) is 12.0 Å². The van der Waals surface area contributed by atoms with Crippen molar-refractivity contribution in [3.05, 3.63) is 58.8 Å². The van der Waals surface area contributed by atoms with Crippen molar-refractivity contribution in [1.82, 2.24) is 4.98 Å². The Kier molecular flexibility index (Phi) is 3.21. The second kappa shape index (κ2) is 5.11. The minimum atomic E-state index is 0.0507. The number of benzene rings is 1. The number of pyridine rings is 1. The highest BCUT2D eigenvalue weighted by atomic mass is 35.5. The number of allylic oxidation sites excluding steroid dienone is 2. The average molecular weight is 313 g/mol. The molecule has 22 heavy (non-hydrogen) atoms. The van der Waals surface area contributed by atoms with Crippen molar-refractivity contribution >= 4 is 17.4 Å². The second-order valence-electron chi connectivity index (χ2n) is 6.08. The molecule has 112 valence electrons. The zero-order chi connectivity index (χ0) is 15.2. The van der Waals surface area contributed by atoms with E-state index in [0.717, 1.165) is 52.5 Å². The zero-order valence-corrected chi connectivity index (χ0v) is 12.9. The molecule has 3 nitrogen and oxygen atoms in total. The van der Waals surface area contributed by atoms with Crippen molar-refractivity contribution < 1.29 is 5.11 Å². The number of hydrogen-bond donors (Lipinski definition) is 2. The van der Waals surface area contributed by atoms with Crippen molar-refractivity contribution in [3.8, 4) is 11.1 Å². The molecule has 1 aromatic carbocycles. The third-order valence-corrected chi connectivity index (χ3v) is 5.16. The summed E-state index contributed by atoms with van der Waals surface area (Å²) in [5.74, 6) is 0.921. The first-order valence-electron chi connectivity index (χ1n) is 7.51. The molecule has 4 rings (SSSR count). The number of anilines is 1. The van der Waals surface area contributed by atoms with Gasteiger partial charge in [0.2, 0.25) is 0 Å². The summed E-state index contributed by atoms with van der Waals surface area (Å²) in [4.78, 5) is 4.59. The minimum absolute atomic E-state index is 0.0507. The standard InChI is InChI=1S/C18H17ClN2O/c19-16-14(13-5-3-12(10-22)4-6-13)9-20-17-15(16)18(11-21-17)7-1-2-8-18/h1-6,9,22H,7-8,10-11H2,(H,20,21). The SMILES string of the molecule is OCc1ccc(-c2cnc3c(c2Cl)C2(CC=CC2)CN3)cc1. The monoisotopic (exact) mass is 312 g/mol. The molecule has 0 unspecified atom stereocenters. The van der Waals surface area contributed by atoms with Gasteiger partial charge in [-0.1, -0.05) is 48.0 Å². The van der Waals surface area contributed by atoms with Crippen LogP contribution in [0.3, 0.4) is 0 Å². The number of aliphatic hydroxyl groups excluding tert-OH is 1. The van der Waals surface area contributed by atoms with E-state index in [9.17, 15) is 0 Å². The Morgan fingerprint density at radius 2 is 1.91 bits per heavy atom. The first-order chi connectivity index (χ1) is 10.7. The van der Waals surface area contributed by atoms with Gasteiger partial charge in [0.15, 0.2) is 0 Å². The number of aromatic nitrogens is 1. The smallest absolute Gasteiger partial charge is 0.131 e. The average Bonchev–Trinajstić information content (AvgIpc) is 3.17. The van der Waals surface area contributed by atoms with Crippen LogP contribution in [0.1, 0.15) is 24.0 Å². The van der Waals surface area contributed by atoms with Gasteiger partial charge in [0.1, 0.15) is 5.82 Å². The highest BCUT2D eigenvalue weighted by Crippen LogP contribution is 2.49. The van der Waals surface area contributed by atoms with E-state index < -0.39 is 0 Å². The molecule has 1 aliphatic heterocycles. The van der Waals surface area contributed by atoms with Crippen molar-refractivity contribution in [2.24, 2.45) is 0 Å². The van der Waals surface area contributed by atoms with Crippen LogP contribution >= 0.6 is 11.6 Å². The molecule has 1 aromatic heterocycles. The molecule has 4 heteroatoms. The molecule has 0 radical (unpaired) electrons. The summed E-state index contributed by atoms with van der Waals surface area (Å²) in [6, 6.07) is 7.82. The Morgan fingerprint density at radius 3 is 2.59 bits per heavy atom. The van der Waals surface area contributed by atoms with Crippen LogP contribution in [-0.4, -0.2) is 16.6 Å². The number of fused-ring (bicyclic) bond motifs is 2. The van der Waals surface area contributed by atoms with Gasteiger partial charge in [0, 0.05) is 29.3 Å². The second-order valence-corrected chi connectivity index (χ2v) is 6.46. The highest BCUT2D eigenvalue weighted by molar-refractivity contribution is 6.34. The molecule has 2 N–H and O–H groups in total. The molecule has 0 saturated heterocycles. The first kappa shape index (κ1) is 13.8. The zero-order valence-electron chi connectivity index (χ0n) is 12.1. The van der Waals surface area contributed by atoms with Crippen molar-refractivity contribution in [2.75, 3.05) is 11.9 Å². The molecule has 0 atom stereocenters. The summed E-state index contributed by atoms with van der Waals surface area (Å²) in [6.45, 7) is 0.949. The maximum Gasteiger partial charge on any atom is 0.131 e. The maximum absolute atomic E-state index is 9.17. The Labute approximate surface area is 134 Å². The molecule has 0 bridgehead atoms. The van der Waals surface area contributed by atoms with Crippen LogP contribution < -0.4 is 5.32 Å². The summed E-state index contributed by atoms with van der Waals surface area (Å²) in [5, 5.41) is 13.4. The lowest BCUT2D eigenvalue weighted by molar-refractivity contribution is 0.282. The third kappa shape index (κ3) is 1.97. The van der Waals surface area contributed by atoms with Crippen LogP contribution in [0.5, 0.6) is 0 Å². The van der Waals surface area contributed by atoms with Crippen LogP contribution in [0, 0.1) is 0 Å². The number of aliphatic hydroxyl groups is 1. The van der Waals surface area contributed by atoms with E-state index in [0.29, 0.717) is 0 Å². The molecular formula is C18H17ClN2O. The van der Waals surface area contributed by atoms with Gasteiger partial charge in [-0.2, -0.15) is 0 Å². The fourth-order valence-corrected chi connectivity index (χ4v) is 3.94. The summed E-state index contributed by atoms with van der Waals surface area (Å²) < 4.78 is 0. The molecule has 0 fully saturated rings. The Balaban J connectivity index is 1.82. The summed E-state index contributed by atoms with van der Waals surface area (Å²) in [7, 11) is 0. The van der Waals surface area contributed by atoms with Crippen molar-refractivity contribution in [1.29, 1.82) is 0 Å². The maximum atomic E-state index is 9.17. The molecule has 2 aliphatic rings. The van der Waals surface area contributed by atoms with Crippen molar-refractivity contribution in [2.45, 2.75) is 24.9 Å². The van der Waals surface area contributed by atoms with Crippen LogP contribution in [0.4, 0.5) is 5.82 Å². The van der Waals surface area contributed by atoms with Gasteiger partial charge in [-0.3, -0.25) is 0 Å². The van der Waals surface area contributed by atoms with Gasteiger partial charge in [0.05, 0.1) is 11.6 Å². The quantitative estimate of drug-likeness (QED) is 0.826. The van der Waals surface area contributed by atoms with E-state index in [1.165, 1.54) is 0 Å². The number of halogens is 1. The molecule has 0 saturated carbocycles. The summed E-state index contributed by atoms with van der Waals surface area (Å²) in [6.07, 6.45) is 8.33. The molecule has 2 aromatic rings. The van der Waals surface area contributed by atoms with Gasteiger partial charge in [-0.15, -0.1) is 0 Å². The topological polar surface area (TPSA) is 45.2 Å². The number of nitrogens with zero attached hydrogens (tertiary/aromatic N) is 1. The normalized spacial score (nSPS) is 17.7. The minimum Gasteiger partial charge on any atom is -0.392 e. The molecular weight excluding hydrogens is 296 g/mol. The van der Waals surface area contributed by atoms with Gasteiger partial charge in [0.25, 0.3) is 0 Å². The Hall–Kier alpha value is -1.84. The van der Waals surface area contributed by atoms with E-state index in [1.54, 1.807) is 0 Å². The van der Waals surface area contributed by atoms with Crippen LogP contribution in [-0.2, 0) is 12.0 Å². The predicted octanol–water partition coefficient (Wildman–Crippen LogP) is 3.91. The Morgan fingerprint density at radius 1 is 1.18 bits per heavy atom. The third-order valence-electron chi connectivity index (χ3n) is 4.77. The Bertz CT molecular complexity index is 744. The fraction of sp³-hybridized carbons (Fsp3) is 0.278. The lowest BCUT2D eigenvalue weighted by Crippen LogP contribution is -2.25. The fourth-order valence-electron chi connectivity index (χ4n) is 3.49. The van der Waals surface area contributed by atoms with Crippen LogP contribution in [0.2, 0.25) is 5.02 Å². The lowest BCUT2D eigenvalue weighted by Gasteiger charge is -2.24. The number of nitrogens with one attached hydrogen (secondary N) is 1. The molecule has 1 aliphatic carbocycles. The van der Waals surface area contributed by atoms with E-state index >= 15 is 0 Å². The number of hydrogen-bond acceptors (Lipinski definition) is 3. The summed E-state index contributed by atoms with van der Waals surface area (Å²) >= 11 is 6.77. The van der Waals surface area contributed by atoms with Crippen molar-refractivity contribution in [3.63, 3.8) is 0 Å². The van der Waals surface area contributed by atoms with E-state index in [1.807, 2.05) is 30.5 Å². The van der Waals surface area contributed by atoms with Gasteiger partial charge < -0.3 is 10.4 Å². The molecule has 1 spiro atoms.